The fourth-order valence-electron chi connectivity index (χ4n) is 3.42. The molecule has 0 aliphatic carbocycles. The van der Waals surface area contributed by atoms with Gasteiger partial charge in [0.05, 0.1) is 11.6 Å². The highest BCUT2D eigenvalue weighted by atomic mass is 35.5. The zero-order valence-corrected chi connectivity index (χ0v) is 17.0. The Morgan fingerprint density at radius 2 is 1.72 bits per heavy atom. The Morgan fingerprint density at radius 1 is 1.10 bits per heavy atom. The molecule has 1 aliphatic rings. The predicted molar refractivity (Wildman–Crippen MR) is 110 cm³/mol. The van der Waals surface area contributed by atoms with E-state index >= 15 is 0 Å². The summed E-state index contributed by atoms with van der Waals surface area (Å²) in [7, 11) is 3.86. The largest absolute Gasteiger partial charge is 0.507 e. The molecule has 152 valence electrons. The van der Waals surface area contributed by atoms with E-state index in [0.717, 1.165) is 6.54 Å². The molecule has 1 atom stereocenters. The van der Waals surface area contributed by atoms with Crippen molar-refractivity contribution in [1.82, 2.24) is 9.80 Å². The van der Waals surface area contributed by atoms with Crippen LogP contribution in [0.3, 0.4) is 0 Å². The number of carbonyl (C=O) groups is 2. The minimum Gasteiger partial charge on any atom is -0.507 e. The summed E-state index contributed by atoms with van der Waals surface area (Å²) in [5, 5.41) is 11.4. The summed E-state index contributed by atoms with van der Waals surface area (Å²) in [5.74, 6) is -2.19. The van der Waals surface area contributed by atoms with Crippen molar-refractivity contribution in [3.8, 4) is 0 Å². The third kappa shape index (κ3) is 4.49. The maximum atomic E-state index is 13.3. The van der Waals surface area contributed by atoms with E-state index in [-0.39, 0.29) is 16.9 Å². The van der Waals surface area contributed by atoms with Gasteiger partial charge >= 0.3 is 0 Å². The van der Waals surface area contributed by atoms with Crippen LogP contribution < -0.4 is 0 Å². The van der Waals surface area contributed by atoms with Crippen LogP contribution in [0.25, 0.3) is 5.76 Å². The number of aliphatic hydroxyl groups excluding tert-OH is 1. The Morgan fingerprint density at radius 3 is 2.31 bits per heavy atom. The Balaban J connectivity index is 2.07. The monoisotopic (exact) mass is 416 g/mol. The topological polar surface area (TPSA) is 60.9 Å². The van der Waals surface area contributed by atoms with Crippen LogP contribution in [0, 0.1) is 5.82 Å². The van der Waals surface area contributed by atoms with Gasteiger partial charge in [0.15, 0.2) is 0 Å². The molecule has 1 fully saturated rings. The minimum atomic E-state index is -0.753. The van der Waals surface area contributed by atoms with E-state index in [9.17, 15) is 19.1 Å². The van der Waals surface area contributed by atoms with Crippen LogP contribution in [0.2, 0.25) is 5.02 Å². The summed E-state index contributed by atoms with van der Waals surface area (Å²) in [6.07, 6.45) is 0.667. The molecule has 0 saturated carbocycles. The summed E-state index contributed by atoms with van der Waals surface area (Å²) in [5.41, 5.74) is 0.938. The van der Waals surface area contributed by atoms with Crippen LogP contribution >= 0.6 is 11.6 Å². The highest BCUT2D eigenvalue weighted by Crippen LogP contribution is 2.39. The van der Waals surface area contributed by atoms with Gasteiger partial charge in [-0.05, 0) is 69.0 Å². The highest BCUT2D eigenvalue weighted by Gasteiger charge is 2.45. The second-order valence-corrected chi connectivity index (χ2v) is 7.64. The lowest BCUT2D eigenvalue weighted by atomic mass is 9.95. The molecule has 0 spiro atoms. The molecule has 7 heteroatoms. The number of rotatable bonds is 6. The first-order valence-corrected chi connectivity index (χ1v) is 9.62. The molecule has 0 unspecified atom stereocenters. The number of halogens is 2. The molecule has 1 saturated heterocycles. The average Bonchev–Trinajstić information content (AvgIpc) is 2.93. The number of carbonyl (C=O) groups excluding carboxylic acids is 2. The van der Waals surface area contributed by atoms with E-state index in [1.165, 1.54) is 29.2 Å². The van der Waals surface area contributed by atoms with Crippen LogP contribution in [0.1, 0.15) is 23.6 Å². The standard InChI is InChI=1S/C22H22ClFN2O3/c1-25(2)12-3-13-26-19(14-4-8-16(23)9-5-14)18(21(28)22(26)29)20(27)15-6-10-17(24)11-7-15/h4-11,19,27H,3,12-13H2,1-2H3/t19-/m0/s1. The quantitative estimate of drug-likeness (QED) is 0.441. The Hall–Kier alpha value is -2.70. The molecular weight excluding hydrogens is 395 g/mol. The molecule has 0 radical (unpaired) electrons. The molecular formula is C22H22ClFN2O3. The van der Waals surface area contributed by atoms with Crippen LogP contribution in [0.4, 0.5) is 4.39 Å². The van der Waals surface area contributed by atoms with E-state index in [1.807, 2.05) is 19.0 Å². The van der Waals surface area contributed by atoms with Gasteiger partial charge < -0.3 is 14.9 Å². The van der Waals surface area contributed by atoms with Crippen molar-refractivity contribution in [3.05, 3.63) is 76.1 Å². The van der Waals surface area contributed by atoms with Crippen LogP contribution in [0.5, 0.6) is 0 Å². The molecule has 0 aromatic heterocycles. The zero-order valence-electron chi connectivity index (χ0n) is 16.2. The molecule has 1 aliphatic heterocycles. The predicted octanol–water partition coefficient (Wildman–Crippen LogP) is 3.85. The number of hydrogen-bond acceptors (Lipinski definition) is 4. The zero-order chi connectivity index (χ0) is 21.1. The summed E-state index contributed by atoms with van der Waals surface area (Å²) in [6.45, 7) is 1.10. The van der Waals surface area contributed by atoms with E-state index in [1.54, 1.807) is 24.3 Å². The van der Waals surface area contributed by atoms with Crippen molar-refractivity contribution in [2.45, 2.75) is 12.5 Å². The minimum absolute atomic E-state index is 0.00576. The van der Waals surface area contributed by atoms with Gasteiger partial charge in [-0.3, -0.25) is 9.59 Å². The van der Waals surface area contributed by atoms with E-state index in [2.05, 4.69) is 0 Å². The SMILES string of the molecule is CN(C)CCCN1C(=O)C(=O)C(=C(O)c2ccc(F)cc2)[C@@H]1c1ccc(Cl)cc1. The molecule has 2 aromatic carbocycles. The van der Waals surface area contributed by atoms with Crippen molar-refractivity contribution < 1.29 is 19.1 Å². The maximum Gasteiger partial charge on any atom is 0.295 e. The van der Waals surface area contributed by atoms with Crippen LogP contribution in [0.15, 0.2) is 54.1 Å². The van der Waals surface area contributed by atoms with E-state index < -0.39 is 23.5 Å². The van der Waals surface area contributed by atoms with Gasteiger partial charge in [0.1, 0.15) is 11.6 Å². The fraction of sp³-hybridized carbons (Fsp3) is 0.273. The normalized spacial score (nSPS) is 18.7. The first-order valence-electron chi connectivity index (χ1n) is 9.24. The Bertz CT molecular complexity index is 940. The lowest BCUT2D eigenvalue weighted by molar-refractivity contribution is -0.139. The Labute approximate surface area is 174 Å². The molecule has 1 amide bonds. The molecule has 1 heterocycles. The fourth-order valence-corrected chi connectivity index (χ4v) is 3.55. The van der Waals surface area contributed by atoms with Gasteiger partial charge in [0, 0.05) is 17.1 Å². The number of Topliss-reactive ketones (excluding diaryl/α,β-unsaturated/α-hetero) is 1. The summed E-state index contributed by atoms with van der Waals surface area (Å²) < 4.78 is 13.3. The van der Waals surface area contributed by atoms with Crippen LogP contribution in [-0.4, -0.2) is 53.8 Å². The van der Waals surface area contributed by atoms with Gasteiger partial charge in [0.2, 0.25) is 0 Å². The molecule has 3 rings (SSSR count). The third-order valence-electron chi connectivity index (χ3n) is 4.85. The molecule has 0 bridgehead atoms. The smallest absolute Gasteiger partial charge is 0.295 e. The first kappa shape index (κ1) is 21.0. The van der Waals surface area contributed by atoms with E-state index in [4.69, 9.17) is 11.6 Å². The average molecular weight is 417 g/mol. The lowest BCUT2D eigenvalue weighted by Gasteiger charge is -2.26. The van der Waals surface area contributed by atoms with E-state index in [0.29, 0.717) is 23.6 Å². The molecule has 5 nitrogen and oxygen atoms in total. The number of likely N-dealkylation sites (tertiary alicyclic amines) is 1. The number of hydrogen-bond donors (Lipinski definition) is 1. The van der Waals surface area contributed by atoms with Gasteiger partial charge in [-0.25, -0.2) is 4.39 Å². The second kappa shape index (κ2) is 8.76. The number of nitrogens with zero attached hydrogens (tertiary/aromatic N) is 2. The van der Waals surface area contributed by atoms with Crippen molar-refractivity contribution in [2.24, 2.45) is 0 Å². The van der Waals surface area contributed by atoms with Crippen LogP contribution in [-0.2, 0) is 9.59 Å². The number of amides is 1. The third-order valence-corrected chi connectivity index (χ3v) is 5.10. The van der Waals surface area contributed by atoms with Crippen molar-refractivity contribution in [3.63, 3.8) is 0 Å². The van der Waals surface area contributed by atoms with Gasteiger partial charge in [-0.1, -0.05) is 23.7 Å². The number of benzene rings is 2. The van der Waals surface area contributed by atoms with Gasteiger partial charge in [-0.2, -0.15) is 0 Å². The van der Waals surface area contributed by atoms with Crippen molar-refractivity contribution >= 4 is 29.1 Å². The lowest BCUT2D eigenvalue weighted by Crippen LogP contribution is -2.32. The number of ketones is 1. The molecule has 1 N–H and O–H groups in total. The summed E-state index contributed by atoms with van der Waals surface area (Å²) in [4.78, 5) is 29.1. The first-order chi connectivity index (χ1) is 13.8. The molecule has 2 aromatic rings. The molecule has 29 heavy (non-hydrogen) atoms. The Kier molecular flexibility index (Phi) is 6.35. The summed E-state index contributed by atoms with van der Waals surface area (Å²) >= 11 is 5.99. The number of aliphatic hydroxyl groups is 1. The summed E-state index contributed by atoms with van der Waals surface area (Å²) in [6, 6.07) is 11.2. The van der Waals surface area contributed by atoms with Gasteiger partial charge in [0.25, 0.3) is 11.7 Å². The van der Waals surface area contributed by atoms with Crippen molar-refractivity contribution in [1.29, 1.82) is 0 Å². The highest BCUT2D eigenvalue weighted by molar-refractivity contribution is 6.46. The van der Waals surface area contributed by atoms with Gasteiger partial charge in [-0.15, -0.1) is 0 Å². The maximum absolute atomic E-state index is 13.3. The van der Waals surface area contributed by atoms with Crippen molar-refractivity contribution in [2.75, 3.05) is 27.2 Å². The second-order valence-electron chi connectivity index (χ2n) is 7.21.